The number of methoxy groups -OCH3 is 1. The van der Waals surface area contributed by atoms with Crippen LogP contribution in [0.2, 0.25) is 0 Å². The second kappa shape index (κ2) is 4.59. The first-order valence-electron chi connectivity index (χ1n) is 7.91. The Morgan fingerprint density at radius 1 is 1.45 bits per heavy atom. The summed E-state index contributed by atoms with van der Waals surface area (Å²) in [6.45, 7) is 2.80. The van der Waals surface area contributed by atoms with Crippen molar-refractivity contribution in [2.75, 3.05) is 20.7 Å². The predicted molar refractivity (Wildman–Crippen MR) is 85.9 cm³/mol. The Morgan fingerprint density at radius 3 is 3.05 bits per heavy atom. The molecule has 1 aliphatic heterocycles. The summed E-state index contributed by atoms with van der Waals surface area (Å²) >= 11 is 0. The van der Waals surface area contributed by atoms with Crippen molar-refractivity contribution in [3.8, 4) is 0 Å². The molecule has 1 aromatic heterocycles. The average molecular weight is 298 g/mol. The molecule has 0 amide bonds. The summed E-state index contributed by atoms with van der Waals surface area (Å²) in [6.07, 6.45) is 4.06. The molecule has 1 aliphatic carbocycles. The van der Waals surface area contributed by atoms with Crippen LogP contribution in [-0.2, 0) is 16.0 Å². The van der Waals surface area contributed by atoms with E-state index in [9.17, 15) is 4.79 Å². The number of H-pyrrole nitrogens is 1. The Morgan fingerprint density at radius 2 is 2.27 bits per heavy atom. The van der Waals surface area contributed by atoms with Gasteiger partial charge in [-0.05, 0) is 44.0 Å². The van der Waals surface area contributed by atoms with Gasteiger partial charge in [0.15, 0.2) is 0 Å². The van der Waals surface area contributed by atoms with E-state index in [0.717, 1.165) is 19.4 Å². The van der Waals surface area contributed by atoms with Gasteiger partial charge in [0.1, 0.15) is 0 Å². The zero-order valence-corrected chi connectivity index (χ0v) is 13.3. The van der Waals surface area contributed by atoms with Gasteiger partial charge in [-0.1, -0.05) is 12.1 Å². The van der Waals surface area contributed by atoms with Gasteiger partial charge in [0, 0.05) is 35.6 Å². The molecule has 1 fully saturated rings. The van der Waals surface area contributed by atoms with Crippen LogP contribution in [0.4, 0.5) is 0 Å². The molecule has 0 saturated carbocycles. The van der Waals surface area contributed by atoms with E-state index in [-0.39, 0.29) is 5.97 Å². The predicted octanol–water partition coefficient (Wildman–Crippen LogP) is 2.69. The molecule has 1 aromatic carbocycles. The number of aromatic amines is 1. The Kier molecular flexibility index (Phi) is 2.89. The number of rotatable bonds is 1. The van der Waals surface area contributed by atoms with E-state index in [2.05, 4.69) is 41.3 Å². The molecule has 2 heterocycles. The SMILES string of the molecule is COC(=O)[C@]1(C)CC2c3cccc4[nH]cc(c34)C[C@H]2N(C)C1. The third kappa shape index (κ3) is 1.76. The normalized spacial score (nSPS) is 31.0. The molecule has 2 aromatic rings. The molecular weight excluding hydrogens is 276 g/mol. The van der Waals surface area contributed by atoms with Gasteiger partial charge in [-0.15, -0.1) is 0 Å². The highest BCUT2D eigenvalue weighted by atomic mass is 16.5. The number of likely N-dealkylation sites (N-methyl/N-ethyl adjacent to an activating group) is 1. The summed E-state index contributed by atoms with van der Waals surface area (Å²) in [7, 11) is 3.63. The summed E-state index contributed by atoms with van der Waals surface area (Å²) in [5.74, 6) is 0.291. The average Bonchev–Trinajstić information content (AvgIpc) is 2.92. The van der Waals surface area contributed by atoms with Gasteiger partial charge in [0.25, 0.3) is 0 Å². The number of fused-ring (bicyclic) bond motifs is 2. The van der Waals surface area contributed by atoms with Crippen molar-refractivity contribution in [3.05, 3.63) is 35.5 Å². The molecule has 116 valence electrons. The quantitative estimate of drug-likeness (QED) is 0.823. The lowest BCUT2D eigenvalue weighted by Gasteiger charge is -2.48. The van der Waals surface area contributed by atoms with E-state index >= 15 is 0 Å². The first-order chi connectivity index (χ1) is 10.5. The fourth-order valence-corrected chi connectivity index (χ4v) is 4.65. The molecule has 3 atom stereocenters. The first kappa shape index (κ1) is 13.8. The number of esters is 1. The molecule has 1 unspecified atom stereocenters. The van der Waals surface area contributed by atoms with Crippen molar-refractivity contribution < 1.29 is 9.53 Å². The number of ether oxygens (including phenoxy) is 1. The van der Waals surface area contributed by atoms with Crippen molar-refractivity contribution >= 4 is 16.9 Å². The molecule has 2 aliphatic rings. The van der Waals surface area contributed by atoms with Gasteiger partial charge in [-0.2, -0.15) is 0 Å². The molecular formula is C18H22N2O2. The molecule has 0 bridgehead atoms. The van der Waals surface area contributed by atoms with Crippen molar-refractivity contribution in [2.45, 2.75) is 31.7 Å². The van der Waals surface area contributed by atoms with Gasteiger partial charge >= 0.3 is 5.97 Å². The van der Waals surface area contributed by atoms with Gasteiger partial charge in [0.05, 0.1) is 12.5 Å². The van der Waals surface area contributed by atoms with Crippen LogP contribution in [0, 0.1) is 5.41 Å². The van der Waals surface area contributed by atoms with Crippen LogP contribution in [0.1, 0.15) is 30.4 Å². The maximum Gasteiger partial charge on any atom is 0.312 e. The van der Waals surface area contributed by atoms with Gasteiger partial charge in [0.2, 0.25) is 0 Å². The van der Waals surface area contributed by atoms with Crippen molar-refractivity contribution in [1.29, 1.82) is 0 Å². The van der Waals surface area contributed by atoms with Crippen LogP contribution < -0.4 is 0 Å². The van der Waals surface area contributed by atoms with Crippen molar-refractivity contribution in [2.24, 2.45) is 5.41 Å². The summed E-state index contributed by atoms with van der Waals surface area (Å²) < 4.78 is 5.08. The smallest absolute Gasteiger partial charge is 0.312 e. The van der Waals surface area contributed by atoms with E-state index in [1.54, 1.807) is 0 Å². The number of piperidine rings is 1. The number of carbonyl (C=O) groups is 1. The maximum absolute atomic E-state index is 12.3. The number of hydrogen-bond acceptors (Lipinski definition) is 3. The second-order valence-electron chi connectivity index (χ2n) is 7.13. The number of nitrogens with one attached hydrogen (secondary N) is 1. The maximum atomic E-state index is 12.3. The zero-order chi connectivity index (χ0) is 15.5. The number of benzene rings is 1. The fraction of sp³-hybridized carbons (Fsp3) is 0.500. The lowest BCUT2D eigenvalue weighted by molar-refractivity contribution is -0.156. The number of nitrogens with zero attached hydrogens (tertiary/aromatic N) is 1. The molecule has 0 radical (unpaired) electrons. The van der Waals surface area contributed by atoms with Crippen LogP contribution in [0.3, 0.4) is 0 Å². The Bertz CT molecular complexity index is 751. The summed E-state index contributed by atoms with van der Waals surface area (Å²) in [5.41, 5.74) is 3.56. The molecule has 1 N–H and O–H groups in total. The summed E-state index contributed by atoms with van der Waals surface area (Å²) in [4.78, 5) is 18.0. The highest BCUT2D eigenvalue weighted by Gasteiger charge is 2.48. The first-order valence-corrected chi connectivity index (χ1v) is 7.91. The van der Waals surface area contributed by atoms with Crippen molar-refractivity contribution in [1.82, 2.24) is 9.88 Å². The highest BCUT2D eigenvalue weighted by Crippen LogP contribution is 2.48. The Hall–Kier alpha value is -1.81. The topological polar surface area (TPSA) is 45.3 Å². The minimum absolute atomic E-state index is 0.0927. The van der Waals surface area contributed by atoms with Gasteiger partial charge in [-0.25, -0.2) is 0 Å². The fourth-order valence-electron chi connectivity index (χ4n) is 4.65. The third-order valence-electron chi connectivity index (χ3n) is 5.63. The van der Waals surface area contributed by atoms with Crippen LogP contribution in [0.25, 0.3) is 10.9 Å². The molecule has 4 heteroatoms. The van der Waals surface area contributed by atoms with E-state index < -0.39 is 5.41 Å². The molecule has 0 spiro atoms. The van der Waals surface area contributed by atoms with Crippen LogP contribution in [-0.4, -0.2) is 42.6 Å². The van der Waals surface area contributed by atoms with E-state index in [0.29, 0.717) is 12.0 Å². The molecule has 4 rings (SSSR count). The number of likely N-dealkylation sites (tertiary alicyclic amines) is 1. The number of hydrogen-bond donors (Lipinski definition) is 1. The standard InChI is InChI=1S/C18H22N2O2/c1-18(17(21)22-3)8-13-12-5-4-6-14-16(12)11(9-19-14)7-15(13)20(2)10-18/h4-6,9,13,15,19H,7-8,10H2,1-3H3/t13?,15-,18-/m1/s1. The minimum Gasteiger partial charge on any atom is -0.469 e. The van der Waals surface area contributed by atoms with Crippen LogP contribution in [0.5, 0.6) is 0 Å². The Balaban J connectivity index is 1.83. The Labute approximate surface area is 130 Å². The minimum atomic E-state index is -0.430. The summed E-state index contributed by atoms with van der Waals surface area (Å²) in [5, 5.41) is 1.37. The zero-order valence-electron chi connectivity index (χ0n) is 13.3. The lowest BCUT2D eigenvalue weighted by Crippen LogP contribution is -2.54. The van der Waals surface area contributed by atoms with E-state index in [1.165, 1.54) is 29.1 Å². The number of aromatic nitrogens is 1. The largest absolute Gasteiger partial charge is 0.469 e. The second-order valence-corrected chi connectivity index (χ2v) is 7.13. The monoisotopic (exact) mass is 298 g/mol. The summed E-state index contributed by atoms with van der Waals surface area (Å²) in [6, 6.07) is 6.94. The lowest BCUT2D eigenvalue weighted by atomic mass is 9.67. The van der Waals surface area contributed by atoms with E-state index in [4.69, 9.17) is 4.74 Å². The highest BCUT2D eigenvalue weighted by molar-refractivity contribution is 5.88. The van der Waals surface area contributed by atoms with E-state index in [1.807, 2.05) is 6.92 Å². The van der Waals surface area contributed by atoms with Crippen molar-refractivity contribution in [3.63, 3.8) is 0 Å². The molecule has 1 saturated heterocycles. The van der Waals surface area contributed by atoms with Crippen LogP contribution >= 0.6 is 0 Å². The molecule has 4 nitrogen and oxygen atoms in total. The van der Waals surface area contributed by atoms with Crippen LogP contribution in [0.15, 0.2) is 24.4 Å². The number of carbonyl (C=O) groups excluding carboxylic acids is 1. The third-order valence-corrected chi connectivity index (χ3v) is 5.63. The van der Waals surface area contributed by atoms with Gasteiger partial charge in [-0.3, -0.25) is 4.79 Å². The van der Waals surface area contributed by atoms with Gasteiger partial charge < -0.3 is 14.6 Å². The molecule has 22 heavy (non-hydrogen) atoms.